The lowest BCUT2D eigenvalue weighted by Gasteiger charge is -2.34. The normalized spacial score (nSPS) is 15.5. The zero-order valence-corrected chi connectivity index (χ0v) is 16.3. The van der Waals surface area contributed by atoms with Crippen molar-refractivity contribution < 1.29 is 9.53 Å². The molecule has 0 atom stereocenters. The van der Waals surface area contributed by atoms with Gasteiger partial charge in [-0.05, 0) is 29.8 Å². The highest BCUT2D eigenvalue weighted by molar-refractivity contribution is 5.96. The predicted molar refractivity (Wildman–Crippen MR) is 108 cm³/mol. The van der Waals surface area contributed by atoms with Crippen LogP contribution in [0.15, 0.2) is 48.5 Å². The van der Waals surface area contributed by atoms with Crippen LogP contribution in [0, 0.1) is 0 Å². The molecule has 144 valence electrons. The minimum atomic E-state index is -0.112. The van der Waals surface area contributed by atoms with Crippen molar-refractivity contribution in [2.45, 2.75) is 20.0 Å². The van der Waals surface area contributed by atoms with Crippen LogP contribution < -0.4 is 10.1 Å². The molecular formula is C22H29N3O2. The van der Waals surface area contributed by atoms with E-state index in [0.717, 1.165) is 39.3 Å². The van der Waals surface area contributed by atoms with Gasteiger partial charge in [0, 0.05) is 39.3 Å². The fraction of sp³-hybridized carbons (Fsp3) is 0.409. The summed E-state index contributed by atoms with van der Waals surface area (Å²) in [5.74, 6) is 0.482. The van der Waals surface area contributed by atoms with Crippen LogP contribution in [0.1, 0.15) is 28.4 Å². The zero-order valence-electron chi connectivity index (χ0n) is 16.3. The van der Waals surface area contributed by atoms with Gasteiger partial charge in [0.15, 0.2) is 0 Å². The number of ether oxygens (including phenoxy) is 1. The number of methoxy groups -OCH3 is 1. The standard InChI is InChI=1S/C22H29N3O2/c1-3-24-12-14-25(15-13-24)17-19-9-5-4-8-18(19)16-23-22(26)20-10-6-7-11-21(20)27-2/h4-11H,3,12-17H2,1-2H3,(H,23,26). The average Bonchev–Trinajstić information content (AvgIpc) is 2.73. The van der Waals surface area contributed by atoms with Crippen molar-refractivity contribution in [1.82, 2.24) is 15.1 Å². The lowest BCUT2D eigenvalue weighted by molar-refractivity contribution is 0.0947. The Balaban J connectivity index is 1.62. The Bertz CT molecular complexity index is 755. The molecule has 1 amide bonds. The molecule has 1 fully saturated rings. The van der Waals surface area contributed by atoms with Crippen molar-refractivity contribution >= 4 is 5.91 Å². The molecule has 0 aliphatic carbocycles. The van der Waals surface area contributed by atoms with Crippen LogP contribution in [-0.4, -0.2) is 55.5 Å². The van der Waals surface area contributed by atoms with E-state index in [1.54, 1.807) is 19.2 Å². The number of likely N-dealkylation sites (N-methyl/N-ethyl adjacent to an activating group) is 1. The maximum absolute atomic E-state index is 12.6. The van der Waals surface area contributed by atoms with Crippen molar-refractivity contribution in [3.8, 4) is 5.75 Å². The predicted octanol–water partition coefficient (Wildman–Crippen LogP) is 2.76. The zero-order chi connectivity index (χ0) is 19.1. The minimum absolute atomic E-state index is 0.112. The molecule has 1 aliphatic rings. The van der Waals surface area contributed by atoms with Gasteiger partial charge in [-0.25, -0.2) is 0 Å². The van der Waals surface area contributed by atoms with Gasteiger partial charge in [-0.15, -0.1) is 0 Å². The smallest absolute Gasteiger partial charge is 0.255 e. The van der Waals surface area contributed by atoms with Crippen molar-refractivity contribution in [3.63, 3.8) is 0 Å². The van der Waals surface area contributed by atoms with E-state index in [0.29, 0.717) is 17.9 Å². The summed E-state index contributed by atoms with van der Waals surface area (Å²) in [6.45, 7) is 9.23. The highest BCUT2D eigenvalue weighted by Gasteiger charge is 2.17. The molecule has 27 heavy (non-hydrogen) atoms. The quantitative estimate of drug-likeness (QED) is 0.817. The Labute approximate surface area is 161 Å². The summed E-state index contributed by atoms with van der Waals surface area (Å²) in [5, 5.41) is 3.04. The molecule has 0 spiro atoms. The van der Waals surface area contributed by atoms with Gasteiger partial charge in [-0.2, -0.15) is 0 Å². The van der Waals surface area contributed by atoms with E-state index in [2.05, 4.69) is 40.2 Å². The molecule has 0 bridgehead atoms. The third-order valence-corrected chi connectivity index (χ3v) is 5.22. The number of nitrogens with one attached hydrogen (secondary N) is 1. The number of amides is 1. The van der Waals surface area contributed by atoms with Crippen molar-refractivity contribution in [1.29, 1.82) is 0 Å². The molecule has 1 heterocycles. The number of carbonyl (C=O) groups is 1. The van der Waals surface area contributed by atoms with E-state index < -0.39 is 0 Å². The molecule has 2 aromatic carbocycles. The first kappa shape index (κ1) is 19.4. The number of hydrogen-bond donors (Lipinski definition) is 1. The number of para-hydroxylation sites is 1. The fourth-order valence-electron chi connectivity index (χ4n) is 3.49. The number of nitrogens with zero attached hydrogens (tertiary/aromatic N) is 2. The SMILES string of the molecule is CCN1CCN(Cc2ccccc2CNC(=O)c2ccccc2OC)CC1. The summed E-state index contributed by atoms with van der Waals surface area (Å²) in [6, 6.07) is 15.7. The molecule has 1 saturated heterocycles. The third-order valence-electron chi connectivity index (χ3n) is 5.22. The van der Waals surface area contributed by atoms with Gasteiger partial charge in [0.05, 0.1) is 12.7 Å². The molecule has 5 heteroatoms. The first-order valence-corrected chi connectivity index (χ1v) is 9.64. The van der Waals surface area contributed by atoms with Gasteiger partial charge in [0.2, 0.25) is 0 Å². The second-order valence-electron chi connectivity index (χ2n) is 6.86. The van der Waals surface area contributed by atoms with E-state index in [-0.39, 0.29) is 5.91 Å². The second-order valence-corrected chi connectivity index (χ2v) is 6.86. The minimum Gasteiger partial charge on any atom is -0.496 e. The summed E-state index contributed by atoms with van der Waals surface area (Å²) >= 11 is 0. The summed E-state index contributed by atoms with van der Waals surface area (Å²) in [6.07, 6.45) is 0. The summed E-state index contributed by atoms with van der Waals surface area (Å²) in [7, 11) is 1.58. The number of hydrogen-bond acceptors (Lipinski definition) is 4. The van der Waals surface area contributed by atoms with Crippen LogP contribution in [0.5, 0.6) is 5.75 Å². The maximum atomic E-state index is 12.6. The van der Waals surface area contributed by atoms with E-state index in [1.165, 1.54) is 11.1 Å². The van der Waals surface area contributed by atoms with Crippen molar-refractivity contribution in [2.75, 3.05) is 39.8 Å². The molecule has 5 nitrogen and oxygen atoms in total. The van der Waals surface area contributed by atoms with E-state index in [9.17, 15) is 4.79 Å². The first-order chi connectivity index (χ1) is 13.2. The molecule has 0 saturated carbocycles. The summed E-state index contributed by atoms with van der Waals surface area (Å²) in [5.41, 5.74) is 3.01. The molecule has 0 radical (unpaired) electrons. The average molecular weight is 367 g/mol. The van der Waals surface area contributed by atoms with Crippen LogP contribution in [0.2, 0.25) is 0 Å². The monoisotopic (exact) mass is 367 g/mol. The lowest BCUT2D eigenvalue weighted by Crippen LogP contribution is -2.45. The van der Waals surface area contributed by atoms with Crippen LogP contribution >= 0.6 is 0 Å². The van der Waals surface area contributed by atoms with E-state index >= 15 is 0 Å². The van der Waals surface area contributed by atoms with Crippen LogP contribution in [0.25, 0.3) is 0 Å². The Hall–Kier alpha value is -2.37. The van der Waals surface area contributed by atoms with Gasteiger partial charge in [-0.1, -0.05) is 43.3 Å². The molecule has 1 aliphatic heterocycles. The molecular weight excluding hydrogens is 338 g/mol. The van der Waals surface area contributed by atoms with Crippen molar-refractivity contribution in [2.24, 2.45) is 0 Å². The molecule has 3 rings (SSSR count). The van der Waals surface area contributed by atoms with Crippen LogP contribution in [-0.2, 0) is 13.1 Å². The van der Waals surface area contributed by atoms with Gasteiger partial charge < -0.3 is 15.0 Å². The van der Waals surface area contributed by atoms with Gasteiger partial charge >= 0.3 is 0 Å². The van der Waals surface area contributed by atoms with Gasteiger partial charge in [0.1, 0.15) is 5.75 Å². The second kappa shape index (κ2) is 9.53. The van der Waals surface area contributed by atoms with E-state index in [1.807, 2.05) is 18.2 Å². The van der Waals surface area contributed by atoms with Crippen LogP contribution in [0.4, 0.5) is 0 Å². The highest BCUT2D eigenvalue weighted by Crippen LogP contribution is 2.18. The first-order valence-electron chi connectivity index (χ1n) is 9.64. The lowest BCUT2D eigenvalue weighted by atomic mass is 10.1. The number of carbonyl (C=O) groups excluding carboxylic acids is 1. The largest absolute Gasteiger partial charge is 0.496 e. The number of piperazine rings is 1. The van der Waals surface area contributed by atoms with Gasteiger partial charge in [0.25, 0.3) is 5.91 Å². The third kappa shape index (κ3) is 5.08. The molecule has 2 aromatic rings. The Morgan fingerprint density at radius 1 is 0.963 bits per heavy atom. The Kier molecular flexibility index (Phi) is 6.85. The van der Waals surface area contributed by atoms with Crippen LogP contribution in [0.3, 0.4) is 0 Å². The molecule has 0 aromatic heterocycles. The fourth-order valence-corrected chi connectivity index (χ4v) is 3.49. The summed E-state index contributed by atoms with van der Waals surface area (Å²) < 4.78 is 5.29. The number of rotatable bonds is 7. The summed E-state index contributed by atoms with van der Waals surface area (Å²) in [4.78, 5) is 17.5. The Morgan fingerprint density at radius 3 is 2.30 bits per heavy atom. The highest BCUT2D eigenvalue weighted by atomic mass is 16.5. The Morgan fingerprint density at radius 2 is 1.59 bits per heavy atom. The van der Waals surface area contributed by atoms with Crippen molar-refractivity contribution in [3.05, 3.63) is 65.2 Å². The number of benzene rings is 2. The molecule has 0 unspecified atom stereocenters. The maximum Gasteiger partial charge on any atom is 0.255 e. The molecule has 1 N–H and O–H groups in total. The van der Waals surface area contributed by atoms with Gasteiger partial charge in [-0.3, -0.25) is 9.69 Å². The topological polar surface area (TPSA) is 44.8 Å². The van der Waals surface area contributed by atoms with E-state index in [4.69, 9.17) is 4.74 Å².